The first kappa shape index (κ1) is 15.9. The van der Waals surface area contributed by atoms with Crippen molar-refractivity contribution in [2.24, 2.45) is 0 Å². The molecule has 0 unspecified atom stereocenters. The summed E-state index contributed by atoms with van der Waals surface area (Å²) in [5.41, 5.74) is 0.590. The Bertz CT molecular complexity index is 712. The SMILES string of the molecule is O=C(/C=C/c1cccc([N+](=O)[O-])c1)NCCn1cc(Br)cn1. The highest BCUT2D eigenvalue weighted by atomic mass is 79.9. The number of nitro benzene ring substituents is 1. The van der Waals surface area contributed by atoms with Crippen LogP contribution in [-0.2, 0) is 11.3 Å². The molecular weight excluding hydrogens is 352 g/mol. The van der Waals surface area contributed by atoms with E-state index in [-0.39, 0.29) is 11.6 Å². The molecule has 114 valence electrons. The standard InChI is InChI=1S/C14H13BrN4O3/c15-12-9-17-18(10-12)7-6-16-14(20)5-4-11-2-1-3-13(8-11)19(21)22/h1-5,8-10H,6-7H2,(H,16,20)/b5-4+. The summed E-state index contributed by atoms with van der Waals surface area (Å²) in [6, 6.07) is 6.08. The molecule has 0 aliphatic carbocycles. The molecule has 0 saturated heterocycles. The topological polar surface area (TPSA) is 90.1 Å². The maximum Gasteiger partial charge on any atom is 0.270 e. The average Bonchev–Trinajstić information content (AvgIpc) is 2.91. The Morgan fingerprint density at radius 2 is 2.32 bits per heavy atom. The van der Waals surface area contributed by atoms with Crippen molar-refractivity contribution in [2.75, 3.05) is 6.54 Å². The summed E-state index contributed by atoms with van der Waals surface area (Å²) in [6.45, 7) is 0.994. The average molecular weight is 365 g/mol. The molecule has 0 radical (unpaired) electrons. The van der Waals surface area contributed by atoms with E-state index in [4.69, 9.17) is 0 Å². The van der Waals surface area contributed by atoms with E-state index < -0.39 is 4.92 Å². The first-order valence-electron chi connectivity index (χ1n) is 6.43. The number of non-ortho nitro benzene ring substituents is 1. The van der Waals surface area contributed by atoms with Crippen LogP contribution < -0.4 is 5.32 Å². The zero-order valence-corrected chi connectivity index (χ0v) is 13.1. The van der Waals surface area contributed by atoms with Gasteiger partial charge in [-0.05, 0) is 27.6 Å². The summed E-state index contributed by atoms with van der Waals surface area (Å²) in [7, 11) is 0. The van der Waals surface area contributed by atoms with Crippen molar-refractivity contribution in [1.29, 1.82) is 0 Å². The third-order valence-electron chi connectivity index (χ3n) is 2.75. The third kappa shape index (κ3) is 4.81. The van der Waals surface area contributed by atoms with Gasteiger partial charge in [0.05, 0.1) is 22.1 Å². The Morgan fingerprint density at radius 3 is 3.00 bits per heavy atom. The molecule has 0 fully saturated rings. The van der Waals surface area contributed by atoms with Gasteiger partial charge in [-0.25, -0.2) is 0 Å². The third-order valence-corrected chi connectivity index (χ3v) is 3.16. The predicted molar refractivity (Wildman–Crippen MR) is 85.1 cm³/mol. The molecule has 2 aromatic rings. The molecule has 1 N–H and O–H groups in total. The fraction of sp³-hybridized carbons (Fsp3) is 0.143. The van der Waals surface area contributed by atoms with Gasteiger partial charge in [-0.2, -0.15) is 5.10 Å². The summed E-state index contributed by atoms with van der Waals surface area (Å²) in [5, 5.41) is 17.4. The molecule has 0 atom stereocenters. The highest BCUT2D eigenvalue weighted by Crippen LogP contribution is 2.13. The molecule has 0 spiro atoms. The number of nitrogens with zero attached hydrogens (tertiary/aromatic N) is 3. The molecule has 0 bridgehead atoms. The van der Waals surface area contributed by atoms with Gasteiger partial charge in [0.25, 0.3) is 5.69 Å². The minimum atomic E-state index is -0.473. The normalized spacial score (nSPS) is 10.8. The first-order chi connectivity index (χ1) is 10.5. The molecule has 2 rings (SSSR count). The van der Waals surface area contributed by atoms with E-state index in [9.17, 15) is 14.9 Å². The van der Waals surface area contributed by atoms with Crippen molar-refractivity contribution >= 4 is 33.6 Å². The summed E-state index contributed by atoms with van der Waals surface area (Å²) < 4.78 is 2.58. The highest BCUT2D eigenvalue weighted by Gasteiger charge is 2.04. The van der Waals surface area contributed by atoms with Crippen LogP contribution in [0.4, 0.5) is 5.69 Å². The second-order valence-electron chi connectivity index (χ2n) is 4.40. The van der Waals surface area contributed by atoms with Crippen molar-refractivity contribution in [3.63, 3.8) is 0 Å². The second kappa shape index (κ2) is 7.51. The van der Waals surface area contributed by atoms with Crippen molar-refractivity contribution < 1.29 is 9.72 Å². The molecule has 22 heavy (non-hydrogen) atoms. The smallest absolute Gasteiger partial charge is 0.270 e. The fourth-order valence-electron chi connectivity index (χ4n) is 1.73. The Morgan fingerprint density at radius 1 is 1.50 bits per heavy atom. The number of benzene rings is 1. The number of hydrogen-bond acceptors (Lipinski definition) is 4. The summed E-state index contributed by atoms with van der Waals surface area (Å²) in [4.78, 5) is 21.8. The quantitative estimate of drug-likeness (QED) is 0.484. The lowest BCUT2D eigenvalue weighted by atomic mass is 10.2. The second-order valence-corrected chi connectivity index (χ2v) is 5.31. The van der Waals surface area contributed by atoms with E-state index in [1.54, 1.807) is 23.0 Å². The van der Waals surface area contributed by atoms with E-state index in [1.165, 1.54) is 24.3 Å². The largest absolute Gasteiger partial charge is 0.351 e. The number of aromatic nitrogens is 2. The lowest BCUT2D eigenvalue weighted by Gasteiger charge is -2.02. The van der Waals surface area contributed by atoms with Gasteiger partial charge in [-0.3, -0.25) is 19.6 Å². The van der Waals surface area contributed by atoms with Crippen molar-refractivity contribution in [2.45, 2.75) is 6.54 Å². The minimum Gasteiger partial charge on any atom is -0.351 e. The Kier molecular flexibility index (Phi) is 5.42. The van der Waals surface area contributed by atoms with E-state index >= 15 is 0 Å². The zero-order chi connectivity index (χ0) is 15.9. The number of hydrogen-bond donors (Lipinski definition) is 1. The van der Waals surface area contributed by atoms with Crippen molar-refractivity contribution in [1.82, 2.24) is 15.1 Å². The summed E-state index contributed by atoms with van der Waals surface area (Å²) in [6.07, 6.45) is 6.36. The van der Waals surface area contributed by atoms with Gasteiger partial charge in [0, 0.05) is 31.0 Å². The van der Waals surface area contributed by atoms with Gasteiger partial charge < -0.3 is 5.32 Å². The number of carbonyl (C=O) groups is 1. The number of amides is 1. The number of carbonyl (C=O) groups excluding carboxylic acids is 1. The molecule has 1 aromatic carbocycles. The molecule has 1 heterocycles. The van der Waals surface area contributed by atoms with Gasteiger partial charge in [-0.1, -0.05) is 12.1 Å². The van der Waals surface area contributed by atoms with Crippen molar-refractivity contribution in [3.8, 4) is 0 Å². The molecule has 1 aromatic heterocycles. The molecule has 0 aliphatic rings. The predicted octanol–water partition coefficient (Wildman–Crippen LogP) is 2.38. The van der Waals surface area contributed by atoms with Gasteiger partial charge in [0.15, 0.2) is 0 Å². The van der Waals surface area contributed by atoms with Gasteiger partial charge in [0.2, 0.25) is 5.91 Å². The Balaban J connectivity index is 1.83. The first-order valence-corrected chi connectivity index (χ1v) is 7.22. The molecule has 1 amide bonds. The zero-order valence-electron chi connectivity index (χ0n) is 11.5. The maximum atomic E-state index is 11.7. The van der Waals surface area contributed by atoms with Gasteiger partial charge >= 0.3 is 0 Å². The highest BCUT2D eigenvalue weighted by molar-refractivity contribution is 9.10. The van der Waals surface area contributed by atoms with Crippen LogP contribution in [0.2, 0.25) is 0 Å². The van der Waals surface area contributed by atoms with E-state index in [2.05, 4.69) is 26.3 Å². The number of halogens is 1. The van der Waals surface area contributed by atoms with Gasteiger partial charge in [-0.15, -0.1) is 0 Å². The Labute approximate surface area is 134 Å². The van der Waals surface area contributed by atoms with Gasteiger partial charge in [0.1, 0.15) is 0 Å². The molecule has 0 aliphatic heterocycles. The minimum absolute atomic E-state index is 0.00758. The van der Waals surface area contributed by atoms with E-state index in [1.807, 2.05) is 6.20 Å². The molecule has 8 heteroatoms. The number of nitrogens with one attached hydrogen (secondary N) is 1. The molecule has 7 nitrogen and oxygen atoms in total. The fourth-order valence-corrected chi connectivity index (χ4v) is 2.06. The lowest BCUT2D eigenvalue weighted by Crippen LogP contribution is -2.25. The monoisotopic (exact) mass is 364 g/mol. The van der Waals surface area contributed by atoms with Crippen LogP contribution in [0.3, 0.4) is 0 Å². The Hall–Kier alpha value is -2.48. The summed E-state index contributed by atoms with van der Waals surface area (Å²) >= 11 is 3.29. The van der Waals surface area contributed by atoms with Crippen LogP contribution in [-0.4, -0.2) is 27.2 Å². The van der Waals surface area contributed by atoms with Crippen molar-refractivity contribution in [3.05, 3.63) is 62.9 Å². The summed E-state index contributed by atoms with van der Waals surface area (Å²) in [5.74, 6) is -0.266. The van der Waals surface area contributed by atoms with E-state index in [0.29, 0.717) is 18.7 Å². The number of nitro groups is 1. The van der Waals surface area contributed by atoms with Crippen LogP contribution in [0.1, 0.15) is 5.56 Å². The molecular formula is C14H13BrN4O3. The van der Waals surface area contributed by atoms with Crippen LogP contribution in [0.15, 0.2) is 47.2 Å². The lowest BCUT2D eigenvalue weighted by molar-refractivity contribution is -0.384. The van der Waals surface area contributed by atoms with Crippen LogP contribution >= 0.6 is 15.9 Å². The molecule has 0 saturated carbocycles. The number of rotatable bonds is 6. The van der Waals surface area contributed by atoms with Crippen LogP contribution in [0.25, 0.3) is 6.08 Å². The maximum absolute atomic E-state index is 11.7. The van der Waals surface area contributed by atoms with Crippen LogP contribution in [0.5, 0.6) is 0 Å². The van der Waals surface area contributed by atoms with E-state index in [0.717, 1.165) is 4.47 Å². The van der Waals surface area contributed by atoms with Crippen LogP contribution in [0, 0.1) is 10.1 Å².